The summed E-state index contributed by atoms with van der Waals surface area (Å²) in [6, 6.07) is 0. The highest BCUT2D eigenvalue weighted by molar-refractivity contribution is 5.66. The average Bonchev–Trinajstić information content (AvgIpc) is 2.42. The lowest BCUT2D eigenvalue weighted by molar-refractivity contribution is -0.145. The molecular formula is C8H12O5. The zero-order chi connectivity index (χ0) is 9.84. The van der Waals surface area contributed by atoms with Crippen molar-refractivity contribution in [3.63, 3.8) is 0 Å². The molecule has 0 N–H and O–H groups in total. The SMILES string of the molecule is CC(=O)OC[C@H]1O[C@@H](C)O[C@H]1C=O. The predicted molar refractivity (Wildman–Crippen MR) is 41.9 cm³/mol. The van der Waals surface area contributed by atoms with Gasteiger partial charge in [-0.05, 0) is 6.92 Å². The van der Waals surface area contributed by atoms with Gasteiger partial charge in [0.15, 0.2) is 12.6 Å². The molecule has 74 valence electrons. The molecule has 0 aliphatic carbocycles. The lowest BCUT2D eigenvalue weighted by Crippen LogP contribution is -2.29. The molecule has 1 aliphatic rings. The van der Waals surface area contributed by atoms with Gasteiger partial charge in [0, 0.05) is 6.92 Å². The Morgan fingerprint density at radius 2 is 2.23 bits per heavy atom. The fourth-order valence-corrected chi connectivity index (χ4v) is 1.12. The van der Waals surface area contributed by atoms with Crippen molar-refractivity contribution in [1.82, 2.24) is 0 Å². The summed E-state index contributed by atoms with van der Waals surface area (Å²) in [5, 5.41) is 0. The van der Waals surface area contributed by atoms with E-state index in [4.69, 9.17) is 14.2 Å². The van der Waals surface area contributed by atoms with Gasteiger partial charge >= 0.3 is 5.97 Å². The van der Waals surface area contributed by atoms with Crippen LogP contribution in [0.2, 0.25) is 0 Å². The summed E-state index contributed by atoms with van der Waals surface area (Å²) in [5.41, 5.74) is 0. The lowest BCUT2D eigenvalue weighted by Gasteiger charge is -2.10. The molecule has 0 spiro atoms. The van der Waals surface area contributed by atoms with E-state index in [0.717, 1.165) is 0 Å². The molecule has 0 aromatic carbocycles. The van der Waals surface area contributed by atoms with Gasteiger partial charge in [0.05, 0.1) is 0 Å². The number of hydrogen-bond acceptors (Lipinski definition) is 5. The average molecular weight is 188 g/mol. The third-order valence-electron chi connectivity index (χ3n) is 1.67. The Morgan fingerprint density at radius 3 is 2.77 bits per heavy atom. The molecule has 1 rings (SSSR count). The molecule has 0 unspecified atom stereocenters. The summed E-state index contributed by atoms with van der Waals surface area (Å²) in [7, 11) is 0. The minimum Gasteiger partial charge on any atom is -0.463 e. The normalized spacial score (nSPS) is 32.9. The van der Waals surface area contributed by atoms with Crippen molar-refractivity contribution in [1.29, 1.82) is 0 Å². The van der Waals surface area contributed by atoms with Crippen molar-refractivity contribution in [2.24, 2.45) is 0 Å². The minimum atomic E-state index is -0.630. The minimum absolute atomic E-state index is 0.0586. The highest BCUT2D eigenvalue weighted by Crippen LogP contribution is 2.17. The predicted octanol–water partition coefficient (Wildman–Crippen LogP) is -0.122. The molecule has 0 bridgehead atoms. The second-order valence-corrected chi connectivity index (χ2v) is 2.78. The molecule has 13 heavy (non-hydrogen) atoms. The Bertz CT molecular complexity index is 203. The molecule has 0 radical (unpaired) electrons. The van der Waals surface area contributed by atoms with Gasteiger partial charge in [0.25, 0.3) is 0 Å². The first-order chi connectivity index (χ1) is 6.13. The topological polar surface area (TPSA) is 61.8 Å². The Labute approximate surface area is 76.0 Å². The van der Waals surface area contributed by atoms with Crippen molar-refractivity contribution in [2.45, 2.75) is 32.3 Å². The van der Waals surface area contributed by atoms with Gasteiger partial charge < -0.3 is 19.0 Å². The number of carbonyl (C=O) groups excluding carboxylic acids is 2. The number of ether oxygens (including phenoxy) is 3. The van der Waals surface area contributed by atoms with Crippen LogP contribution in [0, 0.1) is 0 Å². The standard InChI is InChI=1S/C8H12O5/c1-5(10)11-4-8-7(3-9)12-6(2)13-8/h3,6-8H,4H2,1-2H3/t6-,7-,8+/m0/s1. The number of rotatable bonds is 3. The van der Waals surface area contributed by atoms with Crippen molar-refractivity contribution in [3.05, 3.63) is 0 Å². The van der Waals surface area contributed by atoms with Crippen molar-refractivity contribution >= 4 is 12.3 Å². The molecule has 1 heterocycles. The fraction of sp³-hybridized carbons (Fsp3) is 0.750. The van der Waals surface area contributed by atoms with Gasteiger partial charge in [0.1, 0.15) is 18.8 Å². The Hall–Kier alpha value is -0.940. The first-order valence-electron chi connectivity index (χ1n) is 4.03. The molecule has 3 atom stereocenters. The Kier molecular flexibility index (Phi) is 3.39. The first-order valence-corrected chi connectivity index (χ1v) is 4.03. The van der Waals surface area contributed by atoms with E-state index in [9.17, 15) is 9.59 Å². The smallest absolute Gasteiger partial charge is 0.302 e. The van der Waals surface area contributed by atoms with Crippen molar-refractivity contribution in [2.75, 3.05) is 6.61 Å². The molecule has 1 aliphatic heterocycles. The number of hydrogen-bond donors (Lipinski definition) is 0. The fourth-order valence-electron chi connectivity index (χ4n) is 1.12. The summed E-state index contributed by atoms with van der Waals surface area (Å²) in [4.78, 5) is 20.9. The van der Waals surface area contributed by atoms with Crippen molar-refractivity contribution < 1.29 is 23.8 Å². The Morgan fingerprint density at radius 1 is 1.54 bits per heavy atom. The molecule has 1 fully saturated rings. The zero-order valence-corrected chi connectivity index (χ0v) is 7.56. The van der Waals surface area contributed by atoms with E-state index >= 15 is 0 Å². The van der Waals surface area contributed by atoms with Crippen LogP contribution in [-0.4, -0.2) is 37.4 Å². The third-order valence-corrected chi connectivity index (χ3v) is 1.67. The number of esters is 1. The largest absolute Gasteiger partial charge is 0.463 e. The van der Waals surface area contributed by atoms with Crippen LogP contribution >= 0.6 is 0 Å². The van der Waals surface area contributed by atoms with Gasteiger partial charge in [0.2, 0.25) is 0 Å². The van der Waals surface area contributed by atoms with Gasteiger partial charge in [-0.3, -0.25) is 4.79 Å². The van der Waals surface area contributed by atoms with Crippen LogP contribution in [0.5, 0.6) is 0 Å². The lowest BCUT2D eigenvalue weighted by atomic mass is 10.2. The molecule has 5 nitrogen and oxygen atoms in total. The summed E-state index contributed by atoms with van der Waals surface area (Å²) in [6.45, 7) is 3.04. The maximum atomic E-state index is 10.5. The molecule has 5 heteroatoms. The summed E-state index contributed by atoms with van der Waals surface area (Å²) in [5.74, 6) is -0.396. The summed E-state index contributed by atoms with van der Waals surface area (Å²) >= 11 is 0. The first kappa shape index (κ1) is 10.1. The molecular weight excluding hydrogens is 176 g/mol. The number of aldehydes is 1. The second kappa shape index (κ2) is 4.34. The molecule has 0 amide bonds. The number of carbonyl (C=O) groups is 2. The van der Waals surface area contributed by atoms with E-state index in [1.54, 1.807) is 6.92 Å². The highest BCUT2D eigenvalue weighted by Gasteiger charge is 2.34. The quantitative estimate of drug-likeness (QED) is 0.456. The molecule has 0 aromatic rings. The van der Waals surface area contributed by atoms with Gasteiger partial charge in [-0.25, -0.2) is 0 Å². The summed E-state index contributed by atoms with van der Waals surface area (Å²) < 4.78 is 15.0. The van der Waals surface area contributed by atoms with Crippen LogP contribution in [0.3, 0.4) is 0 Å². The van der Waals surface area contributed by atoms with E-state index in [2.05, 4.69) is 0 Å². The van der Waals surface area contributed by atoms with Crippen LogP contribution in [0.1, 0.15) is 13.8 Å². The van der Waals surface area contributed by atoms with Crippen LogP contribution in [0.25, 0.3) is 0 Å². The Balaban J connectivity index is 2.39. The van der Waals surface area contributed by atoms with Gasteiger partial charge in [-0.15, -0.1) is 0 Å². The van der Waals surface area contributed by atoms with Crippen LogP contribution < -0.4 is 0 Å². The summed E-state index contributed by atoms with van der Waals surface area (Å²) in [6.07, 6.45) is -0.876. The van der Waals surface area contributed by atoms with E-state index in [-0.39, 0.29) is 6.61 Å². The van der Waals surface area contributed by atoms with Crippen molar-refractivity contribution in [3.8, 4) is 0 Å². The van der Waals surface area contributed by atoms with Crippen LogP contribution in [0.15, 0.2) is 0 Å². The third kappa shape index (κ3) is 2.78. The van der Waals surface area contributed by atoms with E-state index in [1.807, 2.05) is 0 Å². The monoisotopic (exact) mass is 188 g/mol. The van der Waals surface area contributed by atoms with Gasteiger partial charge in [-0.1, -0.05) is 0 Å². The second-order valence-electron chi connectivity index (χ2n) is 2.78. The van der Waals surface area contributed by atoms with E-state index in [1.165, 1.54) is 6.92 Å². The maximum Gasteiger partial charge on any atom is 0.302 e. The maximum absolute atomic E-state index is 10.5. The van der Waals surface area contributed by atoms with Gasteiger partial charge in [-0.2, -0.15) is 0 Å². The molecule has 1 saturated heterocycles. The van der Waals surface area contributed by atoms with Crippen LogP contribution in [0.4, 0.5) is 0 Å². The van der Waals surface area contributed by atoms with E-state index < -0.39 is 24.5 Å². The highest BCUT2D eigenvalue weighted by atomic mass is 16.7. The molecule has 0 saturated carbocycles. The van der Waals surface area contributed by atoms with E-state index in [0.29, 0.717) is 6.29 Å². The van der Waals surface area contributed by atoms with Crippen LogP contribution in [-0.2, 0) is 23.8 Å². The molecule has 0 aromatic heterocycles. The zero-order valence-electron chi connectivity index (χ0n) is 7.56.